The van der Waals surface area contributed by atoms with Gasteiger partial charge in [-0.1, -0.05) is 39.3 Å². The van der Waals surface area contributed by atoms with Crippen molar-refractivity contribution < 1.29 is 0 Å². The lowest BCUT2D eigenvalue weighted by molar-refractivity contribution is 0.383. The predicted octanol–water partition coefficient (Wildman–Crippen LogP) is 3.21. The minimum absolute atomic E-state index is 0.0185. The maximum Gasteiger partial charge on any atom is 0.0945 e. The molecule has 0 rings (SSSR count). The molecule has 0 aromatic carbocycles. The lowest BCUT2D eigenvalue weighted by Gasteiger charge is -2.16. The molecule has 0 bridgehead atoms. The van der Waals surface area contributed by atoms with E-state index in [2.05, 4.69) is 32.9 Å². The first-order chi connectivity index (χ1) is 5.11. The largest absolute Gasteiger partial charge is 0.151 e. The Morgan fingerprint density at radius 1 is 1.27 bits per heavy atom. The van der Waals surface area contributed by atoms with E-state index in [0.717, 1.165) is 12.8 Å². The van der Waals surface area contributed by atoms with Gasteiger partial charge in [0.2, 0.25) is 0 Å². The monoisotopic (exact) mass is 157 g/mol. The van der Waals surface area contributed by atoms with Crippen LogP contribution >= 0.6 is 0 Å². The van der Waals surface area contributed by atoms with Gasteiger partial charge in [0, 0.05) is 0 Å². The summed E-state index contributed by atoms with van der Waals surface area (Å²) in [5.74, 6) is 1.02. The Morgan fingerprint density at radius 2 is 1.82 bits per heavy atom. The first-order valence-electron chi connectivity index (χ1n) is 4.44. The van der Waals surface area contributed by atoms with E-state index in [1.165, 1.54) is 0 Å². The Labute approximate surface area is 69.4 Å². The normalized spacial score (nSPS) is 16.5. The Morgan fingerprint density at radius 3 is 2.09 bits per heavy atom. The van der Waals surface area contributed by atoms with Gasteiger partial charge in [0.25, 0.3) is 0 Å². The molecule has 2 heteroatoms. The van der Waals surface area contributed by atoms with E-state index in [9.17, 15) is 4.91 Å². The zero-order valence-corrected chi connectivity index (χ0v) is 8.00. The van der Waals surface area contributed by atoms with Crippen LogP contribution in [0.15, 0.2) is 5.18 Å². The Balaban J connectivity index is 3.77. The van der Waals surface area contributed by atoms with Crippen molar-refractivity contribution in [3.05, 3.63) is 4.91 Å². The van der Waals surface area contributed by atoms with Crippen LogP contribution < -0.4 is 0 Å². The SMILES string of the molecule is CC[C@@H](C)CC(N=O)C(C)C. The van der Waals surface area contributed by atoms with Crippen LogP contribution in [0.3, 0.4) is 0 Å². The highest BCUT2D eigenvalue weighted by Gasteiger charge is 2.15. The number of rotatable bonds is 5. The Kier molecular flexibility index (Phi) is 5.08. The highest BCUT2D eigenvalue weighted by atomic mass is 16.3. The summed E-state index contributed by atoms with van der Waals surface area (Å²) in [7, 11) is 0. The van der Waals surface area contributed by atoms with Crippen LogP contribution in [0.2, 0.25) is 0 Å². The minimum atomic E-state index is 0.0185. The topological polar surface area (TPSA) is 29.4 Å². The van der Waals surface area contributed by atoms with Gasteiger partial charge in [-0.2, -0.15) is 4.91 Å². The molecule has 0 radical (unpaired) electrons. The molecular formula is C9H19NO. The first kappa shape index (κ1) is 10.6. The van der Waals surface area contributed by atoms with E-state index < -0.39 is 0 Å². The summed E-state index contributed by atoms with van der Waals surface area (Å²) in [6, 6.07) is 0.0185. The second-order valence-corrected chi connectivity index (χ2v) is 3.67. The molecule has 0 spiro atoms. The fraction of sp³-hybridized carbons (Fsp3) is 1.00. The summed E-state index contributed by atoms with van der Waals surface area (Å²) in [6.45, 7) is 8.41. The quantitative estimate of drug-likeness (QED) is 0.563. The maximum absolute atomic E-state index is 10.3. The van der Waals surface area contributed by atoms with Gasteiger partial charge in [-0.05, 0) is 18.3 Å². The lowest BCUT2D eigenvalue weighted by Crippen LogP contribution is -2.15. The second kappa shape index (κ2) is 5.28. The van der Waals surface area contributed by atoms with Gasteiger partial charge in [-0.3, -0.25) is 0 Å². The smallest absolute Gasteiger partial charge is 0.0945 e. The van der Waals surface area contributed by atoms with E-state index in [4.69, 9.17) is 0 Å². The second-order valence-electron chi connectivity index (χ2n) is 3.67. The number of hydrogen-bond donors (Lipinski definition) is 0. The molecule has 1 unspecified atom stereocenters. The Hall–Kier alpha value is -0.400. The summed E-state index contributed by atoms with van der Waals surface area (Å²) in [5, 5.41) is 3.13. The van der Waals surface area contributed by atoms with E-state index >= 15 is 0 Å². The molecule has 66 valence electrons. The highest BCUT2D eigenvalue weighted by molar-refractivity contribution is 4.71. The van der Waals surface area contributed by atoms with Gasteiger partial charge in [0.15, 0.2) is 0 Å². The van der Waals surface area contributed by atoms with Gasteiger partial charge in [-0.15, -0.1) is 0 Å². The number of hydrogen-bond acceptors (Lipinski definition) is 2. The van der Waals surface area contributed by atoms with E-state index in [0.29, 0.717) is 11.8 Å². The van der Waals surface area contributed by atoms with Crippen LogP contribution in [0, 0.1) is 16.7 Å². The zero-order valence-electron chi connectivity index (χ0n) is 8.00. The van der Waals surface area contributed by atoms with Crippen molar-refractivity contribution >= 4 is 0 Å². The summed E-state index contributed by atoms with van der Waals surface area (Å²) in [6.07, 6.45) is 2.08. The van der Waals surface area contributed by atoms with E-state index in [-0.39, 0.29) is 6.04 Å². The summed E-state index contributed by atoms with van der Waals surface area (Å²) in [4.78, 5) is 10.3. The zero-order chi connectivity index (χ0) is 8.85. The molecule has 0 heterocycles. The van der Waals surface area contributed by atoms with Crippen LogP contribution in [0.4, 0.5) is 0 Å². The van der Waals surface area contributed by atoms with Crippen LogP contribution in [0.25, 0.3) is 0 Å². The molecule has 0 amide bonds. The molecule has 0 aliphatic heterocycles. The van der Waals surface area contributed by atoms with Crippen LogP contribution in [-0.2, 0) is 0 Å². The van der Waals surface area contributed by atoms with Crippen LogP contribution in [0.1, 0.15) is 40.5 Å². The summed E-state index contributed by atoms with van der Waals surface area (Å²) < 4.78 is 0. The molecule has 0 N–H and O–H groups in total. The fourth-order valence-corrected chi connectivity index (χ4v) is 1.02. The number of nitroso groups, excluding NO2 is 1. The van der Waals surface area contributed by atoms with E-state index in [1.807, 2.05) is 0 Å². The van der Waals surface area contributed by atoms with Crippen molar-refractivity contribution in [2.75, 3.05) is 0 Å². The van der Waals surface area contributed by atoms with Crippen molar-refractivity contribution in [2.45, 2.75) is 46.6 Å². The summed E-state index contributed by atoms with van der Waals surface area (Å²) >= 11 is 0. The predicted molar refractivity (Wildman–Crippen MR) is 48.5 cm³/mol. The molecular weight excluding hydrogens is 138 g/mol. The van der Waals surface area contributed by atoms with Crippen molar-refractivity contribution in [1.82, 2.24) is 0 Å². The highest BCUT2D eigenvalue weighted by Crippen LogP contribution is 2.17. The fourth-order valence-electron chi connectivity index (χ4n) is 1.02. The first-order valence-corrected chi connectivity index (χ1v) is 4.44. The van der Waals surface area contributed by atoms with Gasteiger partial charge in [0.05, 0.1) is 6.04 Å². The molecule has 0 fully saturated rings. The maximum atomic E-state index is 10.3. The third-order valence-corrected chi connectivity index (χ3v) is 2.25. The molecule has 11 heavy (non-hydrogen) atoms. The van der Waals surface area contributed by atoms with Gasteiger partial charge in [-0.25, -0.2) is 0 Å². The third-order valence-electron chi connectivity index (χ3n) is 2.25. The molecule has 0 aromatic rings. The van der Waals surface area contributed by atoms with Gasteiger partial charge < -0.3 is 0 Å². The van der Waals surface area contributed by atoms with Gasteiger partial charge >= 0.3 is 0 Å². The molecule has 0 aliphatic carbocycles. The third kappa shape index (κ3) is 4.12. The van der Waals surface area contributed by atoms with Crippen LogP contribution in [-0.4, -0.2) is 6.04 Å². The Bertz CT molecular complexity index is 112. The van der Waals surface area contributed by atoms with Crippen molar-refractivity contribution in [1.29, 1.82) is 0 Å². The molecule has 0 saturated heterocycles. The molecule has 0 saturated carbocycles. The van der Waals surface area contributed by atoms with Crippen molar-refractivity contribution in [3.8, 4) is 0 Å². The minimum Gasteiger partial charge on any atom is -0.151 e. The standard InChI is InChI=1S/C9H19NO/c1-5-8(4)6-9(10-11)7(2)3/h7-9H,5-6H2,1-4H3/t8-,9?/m1/s1. The number of nitrogens with zero attached hydrogens (tertiary/aromatic N) is 1. The molecule has 2 atom stereocenters. The average Bonchev–Trinajstić information content (AvgIpc) is 1.99. The molecule has 0 aliphatic rings. The van der Waals surface area contributed by atoms with Gasteiger partial charge in [0.1, 0.15) is 0 Å². The van der Waals surface area contributed by atoms with Crippen molar-refractivity contribution in [2.24, 2.45) is 17.0 Å². The molecule has 0 aromatic heterocycles. The summed E-state index contributed by atoms with van der Waals surface area (Å²) in [5.41, 5.74) is 0. The molecule has 2 nitrogen and oxygen atoms in total. The lowest BCUT2D eigenvalue weighted by atomic mass is 9.93. The van der Waals surface area contributed by atoms with Crippen molar-refractivity contribution in [3.63, 3.8) is 0 Å². The average molecular weight is 157 g/mol. The van der Waals surface area contributed by atoms with Crippen LogP contribution in [0.5, 0.6) is 0 Å². The van der Waals surface area contributed by atoms with E-state index in [1.54, 1.807) is 0 Å².